The smallest absolute Gasteiger partial charge is 0.182 e. The predicted molar refractivity (Wildman–Crippen MR) is 113 cm³/mol. The highest BCUT2D eigenvalue weighted by molar-refractivity contribution is 7.20. The van der Waals surface area contributed by atoms with Crippen LogP contribution in [-0.4, -0.2) is 41.6 Å². The molecule has 2 saturated heterocycles. The lowest BCUT2D eigenvalue weighted by atomic mass is 9.90. The summed E-state index contributed by atoms with van der Waals surface area (Å²) in [5.41, 5.74) is 7.13. The first kappa shape index (κ1) is 17.3. The van der Waals surface area contributed by atoms with Crippen molar-refractivity contribution < 1.29 is 0 Å². The van der Waals surface area contributed by atoms with Crippen LogP contribution >= 0.6 is 34.3 Å². The number of anilines is 2. The van der Waals surface area contributed by atoms with Gasteiger partial charge in [0.05, 0.1) is 9.90 Å². The molecular formula is C19H25ClN4S2. The Balaban J connectivity index is 1.42. The number of nitrogen functional groups attached to an aromatic ring is 1. The fourth-order valence-corrected chi connectivity index (χ4v) is 7.20. The number of thiazole rings is 1. The predicted octanol–water partition coefficient (Wildman–Crippen LogP) is 4.95. The minimum absolute atomic E-state index is 0.655. The summed E-state index contributed by atoms with van der Waals surface area (Å²) in [4.78, 5) is 11.2. The highest BCUT2D eigenvalue weighted by Gasteiger charge is 2.43. The van der Waals surface area contributed by atoms with E-state index in [0.717, 1.165) is 40.6 Å². The summed E-state index contributed by atoms with van der Waals surface area (Å²) in [6.07, 6.45) is 8.34. The van der Waals surface area contributed by atoms with Crippen LogP contribution in [0.1, 0.15) is 38.5 Å². The summed E-state index contributed by atoms with van der Waals surface area (Å²) in [5.74, 6) is 0.785. The first-order valence-corrected chi connectivity index (χ1v) is 11.8. The van der Waals surface area contributed by atoms with E-state index in [0.29, 0.717) is 11.2 Å². The summed E-state index contributed by atoms with van der Waals surface area (Å²) < 4.78 is 0. The number of nitrogens with two attached hydrogens (primary N) is 1. The third-order valence-corrected chi connectivity index (χ3v) is 8.56. The van der Waals surface area contributed by atoms with Crippen LogP contribution in [0, 0.1) is 5.92 Å². The summed E-state index contributed by atoms with van der Waals surface area (Å²) in [7, 11) is 0. The third-order valence-electron chi connectivity index (χ3n) is 6.33. The lowest BCUT2D eigenvalue weighted by Crippen LogP contribution is -2.49. The zero-order valence-electron chi connectivity index (χ0n) is 14.9. The third kappa shape index (κ3) is 3.05. The summed E-state index contributed by atoms with van der Waals surface area (Å²) in [6, 6.07) is 3.54. The Morgan fingerprint density at radius 1 is 1.15 bits per heavy atom. The van der Waals surface area contributed by atoms with Crippen molar-refractivity contribution in [2.75, 3.05) is 30.3 Å². The maximum absolute atomic E-state index is 6.15. The van der Waals surface area contributed by atoms with Crippen molar-refractivity contribution in [3.8, 4) is 10.6 Å². The first-order valence-electron chi connectivity index (χ1n) is 9.70. The Labute approximate surface area is 168 Å². The minimum Gasteiger partial charge on any atom is -0.375 e. The molecule has 5 rings (SSSR count). The molecular weight excluding hydrogens is 384 g/mol. The maximum atomic E-state index is 6.15. The van der Waals surface area contributed by atoms with E-state index in [1.54, 1.807) is 22.7 Å². The molecule has 2 aliphatic heterocycles. The second-order valence-corrected chi connectivity index (χ2v) is 10.2. The Morgan fingerprint density at radius 3 is 2.77 bits per heavy atom. The van der Waals surface area contributed by atoms with Gasteiger partial charge in [0, 0.05) is 30.6 Å². The van der Waals surface area contributed by atoms with Crippen LogP contribution < -0.4 is 10.6 Å². The number of likely N-dealkylation sites (tertiary alicyclic amines) is 1. The number of piperidine rings is 1. The molecule has 140 valence electrons. The van der Waals surface area contributed by atoms with Crippen molar-refractivity contribution >= 4 is 44.4 Å². The molecule has 26 heavy (non-hydrogen) atoms. The Morgan fingerprint density at radius 2 is 2.00 bits per heavy atom. The van der Waals surface area contributed by atoms with Crippen molar-refractivity contribution in [1.82, 2.24) is 9.88 Å². The minimum atomic E-state index is 0.655. The molecule has 3 fully saturated rings. The number of hydrogen-bond acceptors (Lipinski definition) is 6. The molecule has 2 atom stereocenters. The summed E-state index contributed by atoms with van der Waals surface area (Å²) >= 11 is 9.44. The van der Waals surface area contributed by atoms with Gasteiger partial charge < -0.3 is 10.6 Å². The number of aromatic nitrogens is 1. The second-order valence-electron chi connectivity index (χ2n) is 7.89. The van der Waals surface area contributed by atoms with Crippen molar-refractivity contribution in [2.45, 2.75) is 50.6 Å². The van der Waals surface area contributed by atoms with Crippen LogP contribution in [0.3, 0.4) is 0 Å². The lowest BCUT2D eigenvalue weighted by molar-refractivity contribution is 0.0799. The number of thiophene rings is 1. The van der Waals surface area contributed by atoms with Gasteiger partial charge in [0.25, 0.3) is 0 Å². The number of halogens is 1. The van der Waals surface area contributed by atoms with Crippen LogP contribution in [0.5, 0.6) is 0 Å². The molecule has 3 aliphatic rings. The first-order chi connectivity index (χ1) is 12.7. The average Bonchev–Trinajstić information content (AvgIpc) is 3.40. The van der Waals surface area contributed by atoms with Gasteiger partial charge >= 0.3 is 0 Å². The van der Waals surface area contributed by atoms with Crippen molar-refractivity contribution in [3.05, 3.63) is 16.5 Å². The Hall–Kier alpha value is -0.820. The van der Waals surface area contributed by atoms with Crippen LogP contribution in [0.2, 0.25) is 5.02 Å². The van der Waals surface area contributed by atoms with Gasteiger partial charge in [0.2, 0.25) is 0 Å². The fourth-order valence-electron chi connectivity index (χ4n) is 5.21. The normalized spacial score (nSPS) is 27.3. The van der Waals surface area contributed by atoms with Crippen molar-refractivity contribution in [3.63, 3.8) is 0 Å². The molecule has 2 unspecified atom stereocenters. The van der Waals surface area contributed by atoms with Crippen LogP contribution in [-0.2, 0) is 0 Å². The van der Waals surface area contributed by atoms with E-state index in [2.05, 4.69) is 14.8 Å². The van der Waals surface area contributed by atoms with E-state index in [-0.39, 0.29) is 0 Å². The Bertz CT molecular complexity index is 782. The number of rotatable bonds is 3. The second kappa shape index (κ2) is 6.97. The maximum Gasteiger partial charge on any atom is 0.182 e. The van der Waals surface area contributed by atoms with E-state index < -0.39 is 0 Å². The van der Waals surface area contributed by atoms with Crippen molar-refractivity contribution in [2.24, 2.45) is 5.92 Å². The number of nitrogens with zero attached hydrogens (tertiary/aromatic N) is 3. The molecule has 0 spiro atoms. The van der Waals surface area contributed by atoms with Gasteiger partial charge in [-0.25, -0.2) is 4.98 Å². The van der Waals surface area contributed by atoms with Gasteiger partial charge in [-0.1, -0.05) is 35.8 Å². The van der Waals surface area contributed by atoms with Gasteiger partial charge in [-0.15, -0.1) is 11.3 Å². The molecule has 0 radical (unpaired) electrons. The van der Waals surface area contributed by atoms with E-state index in [4.69, 9.17) is 17.3 Å². The molecule has 4 nitrogen and oxygen atoms in total. The zero-order valence-corrected chi connectivity index (χ0v) is 17.3. The highest BCUT2D eigenvalue weighted by atomic mass is 35.5. The molecule has 2 N–H and O–H groups in total. The van der Waals surface area contributed by atoms with Crippen LogP contribution in [0.25, 0.3) is 10.6 Å². The standard InChI is InChI=1S/C19H25ClN4S2/c20-13-8-16(25-11-13)17-18(26-19(21)22-17)23-9-12-4-3-7-24(15(12)10-23)14-5-1-2-6-14/h8,11-12,14-15H,1-7,9-10H2,(H2,21,22). The fraction of sp³-hybridized carbons (Fsp3) is 0.632. The average molecular weight is 409 g/mol. The summed E-state index contributed by atoms with van der Waals surface area (Å²) in [5, 5.41) is 4.65. The van der Waals surface area contributed by atoms with Gasteiger partial charge in [-0.05, 0) is 44.2 Å². The molecule has 4 heterocycles. The zero-order chi connectivity index (χ0) is 17.7. The molecule has 0 bridgehead atoms. The van der Waals surface area contributed by atoms with E-state index >= 15 is 0 Å². The van der Waals surface area contributed by atoms with Gasteiger partial charge in [-0.3, -0.25) is 4.90 Å². The molecule has 2 aromatic heterocycles. The van der Waals surface area contributed by atoms with Crippen LogP contribution in [0.4, 0.5) is 10.1 Å². The monoisotopic (exact) mass is 408 g/mol. The largest absolute Gasteiger partial charge is 0.375 e. The van der Waals surface area contributed by atoms with Crippen molar-refractivity contribution in [1.29, 1.82) is 0 Å². The van der Waals surface area contributed by atoms with Crippen LogP contribution in [0.15, 0.2) is 11.4 Å². The molecule has 2 aromatic rings. The van der Waals surface area contributed by atoms with Gasteiger partial charge in [0.15, 0.2) is 5.13 Å². The van der Waals surface area contributed by atoms with E-state index in [1.165, 1.54) is 50.1 Å². The van der Waals surface area contributed by atoms with E-state index in [1.807, 2.05) is 11.4 Å². The molecule has 7 heteroatoms. The SMILES string of the molecule is Nc1nc(-c2cc(Cl)cs2)c(N2CC3CCCN(C4CCCC4)C3C2)s1. The molecule has 0 aromatic carbocycles. The lowest BCUT2D eigenvalue weighted by Gasteiger charge is -2.40. The molecule has 1 aliphatic carbocycles. The van der Waals surface area contributed by atoms with Gasteiger partial charge in [-0.2, -0.15) is 0 Å². The van der Waals surface area contributed by atoms with Gasteiger partial charge in [0.1, 0.15) is 10.7 Å². The number of hydrogen-bond donors (Lipinski definition) is 1. The summed E-state index contributed by atoms with van der Waals surface area (Å²) in [6.45, 7) is 3.55. The highest BCUT2D eigenvalue weighted by Crippen LogP contribution is 2.44. The molecule has 1 saturated carbocycles. The van der Waals surface area contributed by atoms with E-state index in [9.17, 15) is 0 Å². The quantitative estimate of drug-likeness (QED) is 0.780. The topological polar surface area (TPSA) is 45.4 Å². The number of fused-ring (bicyclic) bond motifs is 1. The Kier molecular flexibility index (Phi) is 4.63. The molecule has 0 amide bonds.